The van der Waals surface area contributed by atoms with Crippen molar-refractivity contribution in [2.45, 2.75) is 13.8 Å². The molecule has 140 valence electrons. The van der Waals surface area contributed by atoms with Crippen LogP contribution >= 0.6 is 0 Å². The molecule has 0 aliphatic rings. The molecule has 0 radical (unpaired) electrons. The maximum Gasteiger partial charge on any atom is 0.203 e. The van der Waals surface area contributed by atoms with E-state index in [0.717, 1.165) is 16.5 Å². The van der Waals surface area contributed by atoms with Crippen LogP contribution in [0.25, 0.3) is 17.0 Å². The molecule has 0 atom stereocenters. The van der Waals surface area contributed by atoms with Crippen LogP contribution in [0.4, 0.5) is 0 Å². The number of ether oxygens (including phenoxy) is 3. The second-order valence-corrected chi connectivity index (χ2v) is 6.09. The average molecular weight is 365 g/mol. The Labute approximate surface area is 158 Å². The van der Waals surface area contributed by atoms with Crippen molar-refractivity contribution in [3.63, 3.8) is 0 Å². The Kier molecular flexibility index (Phi) is 5.50. The number of allylic oxidation sites excluding steroid dienone is 1. The van der Waals surface area contributed by atoms with Gasteiger partial charge in [0.05, 0.1) is 20.8 Å². The number of hydrogen-bond acceptors (Lipinski definition) is 4. The number of methoxy groups -OCH3 is 2. The van der Waals surface area contributed by atoms with Crippen LogP contribution in [-0.4, -0.2) is 31.6 Å². The normalized spacial score (nSPS) is 11.5. The average Bonchev–Trinajstić information content (AvgIpc) is 3.09. The number of benzene rings is 2. The first-order valence-corrected chi connectivity index (χ1v) is 8.77. The lowest BCUT2D eigenvalue weighted by atomic mass is 10.0. The molecule has 3 rings (SSSR count). The molecule has 0 spiro atoms. The van der Waals surface area contributed by atoms with E-state index in [4.69, 9.17) is 14.2 Å². The van der Waals surface area contributed by atoms with Gasteiger partial charge in [-0.25, -0.2) is 0 Å². The van der Waals surface area contributed by atoms with Gasteiger partial charge in [0.25, 0.3) is 0 Å². The predicted octanol–water partition coefficient (Wildman–Crippen LogP) is 4.87. The summed E-state index contributed by atoms with van der Waals surface area (Å²) in [5.74, 6) is 1.34. The largest absolute Gasteiger partial charge is 0.493 e. The number of carbonyl (C=O) groups is 1. The molecule has 1 N–H and O–H groups in total. The van der Waals surface area contributed by atoms with Crippen molar-refractivity contribution in [1.82, 2.24) is 4.98 Å². The Bertz CT molecular complexity index is 1000. The number of carbonyl (C=O) groups excluding carboxylic acids is 1. The zero-order chi connectivity index (χ0) is 19.4. The van der Waals surface area contributed by atoms with E-state index in [1.807, 2.05) is 43.5 Å². The number of ketones is 1. The fourth-order valence-electron chi connectivity index (χ4n) is 3.06. The van der Waals surface area contributed by atoms with Crippen LogP contribution in [0.2, 0.25) is 0 Å². The maximum absolute atomic E-state index is 13.0. The smallest absolute Gasteiger partial charge is 0.203 e. The number of H-pyrrole nitrogens is 1. The summed E-state index contributed by atoms with van der Waals surface area (Å²) in [5, 5.41) is 1.08. The standard InChI is InChI=1S/C22H23NO4/c1-5-27-20-12-15(11-19(25-3)22(20)26-4)21(24)14(2)10-16-13-23-18-9-7-6-8-17(16)18/h6-13,23H,5H2,1-4H3/b14-10+. The molecule has 0 unspecified atom stereocenters. The van der Waals surface area contributed by atoms with Crippen LogP contribution in [0.1, 0.15) is 29.8 Å². The minimum Gasteiger partial charge on any atom is -0.493 e. The summed E-state index contributed by atoms with van der Waals surface area (Å²) in [5.41, 5.74) is 3.12. The zero-order valence-corrected chi connectivity index (χ0v) is 16.0. The van der Waals surface area contributed by atoms with Gasteiger partial charge in [0.15, 0.2) is 17.3 Å². The van der Waals surface area contributed by atoms with Crippen LogP contribution in [0, 0.1) is 0 Å². The summed E-state index contributed by atoms with van der Waals surface area (Å²) in [7, 11) is 3.08. The van der Waals surface area contributed by atoms with Gasteiger partial charge in [-0.15, -0.1) is 0 Å². The summed E-state index contributed by atoms with van der Waals surface area (Å²) in [6.45, 7) is 4.14. The van der Waals surface area contributed by atoms with Gasteiger partial charge < -0.3 is 19.2 Å². The van der Waals surface area contributed by atoms with Crippen LogP contribution in [0.5, 0.6) is 17.2 Å². The van der Waals surface area contributed by atoms with Gasteiger partial charge in [0.1, 0.15) is 0 Å². The van der Waals surface area contributed by atoms with Gasteiger partial charge in [-0.1, -0.05) is 18.2 Å². The lowest BCUT2D eigenvalue weighted by Crippen LogP contribution is -2.05. The SMILES string of the molecule is CCOc1cc(C(=O)/C(C)=C/c2c[nH]c3ccccc23)cc(OC)c1OC. The van der Waals surface area contributed by atoms with Crippen molar-refractivity contribution in [3.05, 3.63) is 59.3 Å². The molecule has 1 heterocycles. The van der Waals surface area contributed by atoms with Crippen LogP contribution in [0.15, 0.2) is 48.2 Å². The van der Waals surface area contributed by atoms with Gasteiger partial charge in [-0.3, -0.25) is 4.79 Å². The van der Waals surface area contributed by atoms with Crippen molar-refractivity contribution in [3.8, 4) is 17.2 Å². The van der Waals surface area contributed by atoms with Gasteiger partial charge >= 0.3 is 0 Å². The van der Waals surface area contributed by atoms with Gasteiger partial charge in [0.2, 0.25) is 5.75 Å². The van der Waals surface area contributed by atoms with E-state index >= 15 is 0 Å². The van der Waals surface area contributed by atoms with E-state index in [1.54, 1.807) is 26.2 Å². The van der Waals surface area contributed by atoms with E-state index < -0.39 is 0 Å². The Morgan fingerprint density at radius 2 is 1.85 bits per heavy atom. The van der Waals surface area contributed by atoms with Crippen LogP contribution < -0.4 is 14.2 Å². The molecule has 0 aliphatic heterocycles. The molecule has 0 fully saturated rings. The molecule has 0 bridgehead atoms. The lowest BCUT2D eigenvalue weighted by molar-refractivity contribution is 0.103. The zero-order valence-electron chi connectivity index (χ0n) is 16.0. The van der Waals surface area contributed by atoms with E-state index in [2.05, 4.69) is 4.98 Å². The lowest BCUT2D eigenvalue weighted by Gasteiger charge is -2.15. The molecule has 1 aromatic heterocycles. The highest BCUT2D eigenvalue weighted by Gasteiger charge is 2.18. The maximum atomic E-state index is 13.0. The third kappa shape index (κ3) is 3.67. The predicted molar refractivity (Wildman–Crippen MR) is 107 cm³/mol. The molecule has 5 nitrogen and oxygen atoms in total. The quantitative estimate of drug-likeness (QED) is 0.479. The highest BCUT2D eigenvalue weighted by atomic mass is 16.5. The molecule has 0 aliphatic carbocycles. The number of nitrogens with one attached hydrogen (secondary N) is 1. The van der Waals surface area contributed by atoms with Crippen LogP contribution in [-0.2, 0) is 0 Å². The Hall–Kier alpha value is -3.21. The second-order valence-electron chi connectivity index (χ2n) is 6.09. The third-order valence-electron chi connectivity index (χ3n) is 4.36. The number of rotatable bonds is 7. The number of fused-ring (bicyclic) bond motifs is 1. The first-order chi connectivity index (χ1) is 13.1. The molecule has 2 aromatic carbocycles. The third-order valence-corrected chi connectivity index (χ3v) is 4.36. The number of aromatic nitrogens is 1. The minimum atomic E-state index is -0.0952. The van der Waals surface area contributed by atoms with E-state index in [0.29, 0.717) is 35.0 Å². The Morgan fingerprint density at radius 1 is 1.11 bits per heavy atom. The van der Waals surface area contributed by atoms with E-state index in [-0.39, 0.29) is 5.78 Å². The number of aromatic amines is 1. The highest BCUT2D eigenvalue weighted by molar-refractivity contribution is 6.12. The topological polar surface area (TPSA) is 60.6 Å². The van der Waals surface area contributed by atoms with Crippen molar-refractivity contribution < 1.29 is 19.0 Å². The number of hydrogen-bond donors (Lipinski definition) is 1. The first-order valence-electron chi connectivity index (χ1n) is 8.77. The van der Waals surface area contributed by atoms with E-state index in [1.165, 1.54) is 7.11 Å². The van der Waals surface area contributed by atoms with Gasteiger partial charge in [-0.2, -0.15) is 0 Å². The molecule has 5 heteroatoms. The molecule has 3 aromatic rings. The molecular weight excluding hydrogens is 342 g/mol. The summed E-state index contributed by atoms with van der Waals surface area (Å²) in [6.07, 6.45) is 3.79. The molecule has 0 amide bonds. The summed E-state index contributed by atoms with van der Waals surface area (Å²) in [4.78, 5) is 16.2. The molecule has 27 heavy (non-hydrogen) atoms. The number of Topliss-reactive ketones (excluding diaryl/α,β-unsaturated/α-hetero) is 1. The molecule has 0 saturated carbocycles. The van der Waals surface area contributed by atoms with Gasteiger partial charge in [-0.05, 0) is 43.7 Å². The summed E-state index contributed by atoms with van der Waals surface area (Å²) in [6, 6.07) is 11.4. The van der Waals surface area contributed by atoms with Crippen molar-refractivity contribution in [2.75, 3.05) is 20.8 Å². The van der Waals surface area contributed by atoms with Crippen molar-refractivity contribution >= 4 is 22.8 Å². The molecule has 0 saturated heterocycles. The van der Waals surface area contributed by atoms with Crippen molar-refractivity contribution in [1.29, 1.82) is 0 Å². The minimum absolute atomic E-state index is 0.0952. The molecular formula is C22H23NO4. The Balaban J connectivity index is 2.00. The Morgan fingerprint density at radius 3 is 2.56 bits per heavy atom. The van der Waals surface area contributed by atoms with Gasteiger partial charge in [0, 0.05) is 28.2 Å². The van der Waals surface area contributed by atoms with Crippen LogP contribution in [0.3, 0.4) is 0 Å². The number of para-hydroxylation sites is 1. The second kappa shape index (κ2) is 7.99. The monoisotopic (exact) mass is 365 g/mol. The van der Waals surface area contributed by atoms with E-state index in [9.17, 15) is 4.79 Å². The summed E-state index contributed by atoms with van der Waals surface area (Å²) < 4.78 is 16.4. The fourth-order valence-corrected chi connectivity index (χ4v) is 3.06. The first kappa shape index (κ1) is 18.6. The fraction of sp³-hybridized carbons (Fsp3) is 0.227. The highest BCUT2D eigenvalue weighted by Crippen LogP contribution is 2.39. The summed E-state index contributed by atoms with van der Waals surface area (Å²) >= 11 is 0. The van der Waals surface area contributed by atoms with Crippen molar-refractivity contribution in [2.24, 2.45) is 0 Å².